The molecule has 0 spiro atoms. The van der Waals surface area contributed by atoms with Crippen molar-refractivity contribution in [2.75, 3.05) is 13.1 Å². The topological polar surface area (TPSA) is 20.3 Å². The van der Waals surface area contributed by atoms with Gasteiger partial charge in [-0.25, -0.2) is 0 Å². The molecule has 2 aromatic carbocycles. The Kier molecular flexibility index (Phi) is 8.92. The largest absolute Gasteiger partial charge is 1.00 e. The fraction of sp³-hybridized carbons (Fsp3) is 0.649. The number of carbonyl (C=O) groups is 1. The summed E-state index contributed by atoms with van der Waals surface area (Å²) in [5.41, 5.74) is 3.58. The molecule has 0 saturated heterocycles. The number of halogens is 1. The quantitative estimate of drug-likeness (QED) is 0.254. The van der Waals surface area contributed by atoms with E-state index in [1.807, 2.05) is 11.0 Å². The molecule has 10 rings (SSSR count). The van der Waals surface area contributed by atoms with E-state index in [0.29, 0.717) is 10.3 Å². The van der Waals surface area contributed by atoms with Crippen molar-refractivity contribution in [3.8, 4) is 11.1 Å². The third-order valence-electron chi connectivity index (χ3n) is 12.6. The Morgan fingerprint density at radius 1 is 0.714 bits per heavy atom. The minimum Gasteiger partial charge on any atom is -1.00 e. The summed E-state index contributed by atoms with van der Waals surface area (Å²) in [6, 6.07) is 18.3. The number of rotatable bonds is 7. The maximum Gasteiger partial charge on any atom is 1.00 e. The first-order chi connectivity index (χ1) is 19.5. The second kappa shape index (κ2) is 11.9. The minimum absolute atomic E-state index is 0. The second-order valence-electron chi connectivity index (χ2n) is 15.2. The van der Waals surface area contributed by atoms with E-state index in [-0.39, 0.29) is 48.6 Å². The number of hydrogen-bond donors (Lipinski definition) is 0. The summed E-state index contributed by atoms with van der Waals surface area (Å²) in [5, 5.41) is 2.83. The molecule has 8 fully saturated rings. The van der Waals surface area contributed by atoms with Gasteiger partial charge < -0.3 is 17.3 Å². The molecule has 0 atom stereocenters. The Labute approximate surface area is 277 Å². The zero-order chi connectivity index (χ0) is 27.1. The molecule has 230 valence electrons. The molecule has 1 amide bonds. The molecule has 8 aliphatic carbocycles. The fourth-order valence-electron chi connectivity index (χ4n) is 12.1. The normalized spacial score (nSPS) is 37.6. The molecule has 0 unspecified atom stereocenters. The summed E-state index contributed by atoms with van der Waals surface area (Å²) in [6.07, 6.45) is 18.3. The molecule has 8 bridgehead atoms. The van der Waals surface area contributed by atoms with Crippen molar-refractivity contribution in [3.05, 3.63) is 54.1 Å². The van der Waals surface area contributed by atoms with Crippen LogP contribution in [-0.2, 0) is 22.4 Å². The van der Waals surface area contributed by atoms with Crippen LogP contribution in [0.25, 0.3) is 11.1 Å². The molecule has 0 radical (unpaired) electrons. The Bertz CT molecular complexity index is 1190. The van der Waals surface area contributed by atoms with Crippen molar-refractivity contribution in [2.24, 2.45) is 35.5 Å². The van der Waals surface area contributed by atoms with Crippen LogP contribution in [0.15, 0.2) is 48.5 Å². The van der Waals surface area contributed by atoms with Gasteiger partial charge in [0.15, 0.2) is 0 Å². The van der Waals surface area contributed by atoms with Gasteiger partial charge in [-0.05, 0) is 165 Å². The zero-order valence-electron chi connectivity index (χ0n) is 25.5. The van der Waals surface area contributed by atoms with Crippen LogP contribution < -0.4 is 17.7 Å². The Balaban J connectivity index is 0.00000158. The van der Waals surface area contributed by atoms with Crippen LogP contribution in [0.4, 0.5) is 0 Å². The molecule has 0 aliphatic heterocycles. The standard InChI is InChI=1S/C37H48NOP.Au.ClH/c1-3-38(4-2)35(39)32-9-7-8-31(18-32)33-10-5-6-11-34(33)40(36-19-25-12-26(20-36)14-27(13-25)21-36)37-22-28-15-29(23-37)17-30(16-28)24-37;;/h5-11,18,25-30H,3-4,12-17,19-24H2,1-2H3;;1H/q;+1;/p-1. The first-order valence-corrected chi connectivity index (χ1v) is 18.1. The maximum atomic E-state index is 13.4. The first-order valence-electron chi connectivity index (χ1n) is 16.8. The fourth-order valence-corrected chi connectivity index (χ4v) is 17.5. The van der Waals surface area contributed by atoms with Gasteiger partial charge in [0.05, 0.1) is 0 Å². The van der Waals surface area contributed by atoms with Crippen LogP contribution in [0.3, 0.4) is 0 Å². The van der Waals surface area contributed by atoms with Gasteiger partial charge in [-0.2, -0.15) is 0 Å². The molecule has 42 heavy (non-hydrogen) atoms. The van der Waals surface area contributed by atoms with Gasteiger partial charge in [0.25, 0.3) is 5.91 Å². The number of benzene rings is 2. The van der Waals surface area contributed by atoms with E-state index >= 15 is 0 Å². The number of hydrogen-bond acceptors (Lipinski definition) is 1. The summed E-state index contributed by atoms with van der Waals surface area (Å²) >= 11 is 0. The van der Waals surface area contributed by atoms with Crippen LogP contribution in [0.2, 0.25) is 0 Å². The van der Waals surface area contributed by atoms with Crippen molar-refractivity contribution in [1.29, 1.82) is 0 Å². The minimum atomic E-state index is -0.287. The van der Waals surface area contributed by atoms with E-state index < -0.39 is 0 Å². The molecule has 0 N–H and O–H groups in total. The Morgan fingerprint density at radius 3 is 1.62 bits per heavy atom. The third-order valence-corrected chi connectivity index (χ3v) is 16.4. The molecule has 8 saturated carbocycles. The van der Waals surface area contributed by atoms with Crippen molar-refractivity contribution in [3.63, 3.8) is 0 Å². The summed E-state index contributed by atoms with van der Waals surface area (Å²) < 4.78 is 0. The SMILES string of the molecule is CCN(CC)C(=O)c1cccc(-c2ccccc2P(C23CC4CC(CC(C4)C2)C3)C23CC4CC(CC(C4)C2)C3)c1.[Au+].[Cl-]. The monoisotopic (exact) mass is 785 g/mol. The maximum absolute atomic E-state index is 13.4. The van der Waals surface area contributed by atoms with Gasteiger partial charge in [0.1, 0.15) is 0 Å². The predicted molar refractivity (Wildman–Crippen MR) is 167 cm³/mol. The van der Waals surface area contributed by atoms with Crippen LogP contribution in [-0.4, -0.2) is 34.2 Å². The summed E-state index contributed by atoms with van der Waals surface area (Å²) in [5.74, 6) is 6.13. The number of amides is 1. The second-order valence-corrected chi connectivity index (χ2v) is 18.2. The number of nitrogens with zero attached hydrogens (tertiary/aromatic N) is 1. The van der Waals surface area contributed by atoms with E-state index in [0.717, 1.165) is 54.2 Å². The number of carbonyl (C=O) groups excluding carboxylic acids is 1. The van der Waals surface area contributed by atoms with Crippen molar-refractivity contribution in [2.45, 2.75) is 101 Å². The van der Waals surface area contributed by atoms with E-state index in [1.54, 1.807) is 5.30 Å². The van der Waals surface area contributed by atoms with E-state index in [4.69, 9.17) is 0 Å². The summed E-state index contributed by atoms with van der Waals surface area (Å²) in [6.45, 7) is 5.70. The molecule has 0 heterocycles. The Hall–Kier alpha value is -0.630. The van der Waals surface area contributed by atoms with E-state index in [2.05, 4.69) is 56.3 Å². The molecule has 8 aliphatic rings. The zero-order valence-corrected chi connectivity index (χ0v) is 29.3. The van der Waals surface area contributed by atoms with Gasteiger partial charge >= 0.3 is 22.4 Å². The van der Waals surface area contributed by atoms with E-state index in [9.17, 15) is 4.79 Å². The van der Waals surface area contributed by atoms with Gasteiger partial charge in [-0.1, -0.05) is 44.3 Å². The summed E-state index contributed by atoms with van der Waals surface area (Å²) in [7, 11) is -0.287. The molecular weight excluding hydrogens is 738 g/mol. The van der Waals surface area contributed by atoms with Crippen LogP contribution in [0.1, 0.15) is 101 Å². The molecule has 5 heteroatoms. The molecule has 0 aromatic heterocycles. The molecule has 2 aromatic rings. The summed E-state index contributed by atoms with van der Waals surface area (Å²) in [4.78, 5) is 15.4. The van der Waals surface area contributed by atoms with Crippen molar-refractivity contribution >= 4 is 19.1 Å². The first kappa shape index (κ1) is 31.4. The molecule has 2 nitrogen and oxygen atoms in total. The van der Waals surface area contributed by atoms with E-state index in [1.165, 1.54) is 88.2 Å². The average Bonchev–Trinajstić information content (AvgIpc) is 2.92. The average molecular weight is 786 g/mol. The van der Waals surface area contributed by atoms with Crippen LogP contribution in [0.5, 0.6) is 0 Å². The predicted octanol–water partition coefficient (Wildman–Crippen LogP) is 5.88. The molecular formula is C37H48AuClNOP. The van der Waals surface area contributed by atoms with Gasteiger partial charge in [0.2, 0.25) is 0 Å². The van der Waals surface area contributed by atoms with Gasteiger partial charge in [-0.15, -0.1) is 0 Å². The van der Waals surface area contributed by atoms with Crippen molar-refractivity contribution in [1.82, 2.24) is 4.90 Å². The van der Waals surface area contributed by atoms with Crippen molar-refractivity contribution < 1.29 is 39.6 Å². The van der Waals surface area contributed by atoms with Gasteiger partial charge in [-0.3, -0.25) is 4.79 Å². The Morgan fingerprint density at radius 2 is 1.17 bits per heavy atom. The van der Waals surface area contributed by atoms with Gasteiger partial charge in [0, 0.05) is 18.7 Å². The van der Waals surface area contributed by atoms with Crippen LogP contribution in [0, 0.1) is 35.5 Å². The smallest absolute Gasteiger partial charge is 1.00 e. The van der Waals surface area contributed by atoms with Crippen LogP contribution >= 0.6 is 7.92 Å². The third kappa shape index (κ3) is 5.12.